The van der Waals surface area contributed by atoms with E-state index in [0.717, 1.165) is 0 Å². The summed E-state index contributed by atoms with van der Waals surface area (Å²) >= 11 is 0. The van der Waals surface area contributed by atoms with E-state index in [2.05, 4.69) is 0 Å². The molecule has 0 radical (unpaired) electrons. The van der Waals surface area contributed by atoms with Crippen molar-refractivity contribution in [2.24, 2.45) is 5.73 Å². The molecule has 0 spiro atoms. The predicted molar refractivity (Wildman–Crippen MR) is 76.1 cm³/mol. The lowest BCUT2D eigenvalue weighted by atomic mass is 9.99. The Bertz CT molecular complexity index is 696. The first-order chi connectivity index (χ1) is 10.1. The number of benzene rings is 2. The summed E-state index contributed by atoms with van der Waals surface area (Å²) in [6.07, 6.45) is 0.294. The van der Waals surface area contributed by atoms with Gasteiger partial charge >= 0.3 is 5.97 Å². The van der Waals surface area contributed by atoms with Gasteiger partial charge in [-0.25, -0.2) is 4.79 Å². The lowest BCUT2D eigenvalue weighted by Crippen LogP contribution is -2.15. The zero-order valence-corrected chi connectivity index (χ0v) is 11.2. The quantitative estimate of drug-likeness (QED) is 0.565. The van der Waals surface area contributed by atoms with E-state index in [1.807, 2.05) is 0 Å². The van der Waals surface area contributed by atoms with E-state index in [4.69, 9.17) is 15.6 Å². The Hall–Kier alpha value is -2.60. The summed E-state index contributed by atoms with van der Waals surface area (Å²) in [7, 11) is 0. The Morgan fingerprint density at radius 1 is 1.24 bits per heavy atom. The maximum Gasteiger partial charge on any atom is 0.341 e. The third-order valence-electron chi connectivity index (χ3n) is 3.02. The second-order valence-corrected chi connectivity index (χ2v) is 4.45. The van der Waals surface area contributed by atoms with Crippen molar-refractivity contribution < 1.29 is 24.5 Å². The van der Waals surface area contributed by atoms with E-state index in [1.165, 1.54) is 6.07 Å². The number of nitrogens with two attached hydrogens (primary N) is 1. The predicted octanol–water partition coefficient (Wildman–Crippen LogP) is 1.18. The maximum atomic E-state index is 11.9. The summed E-state index contributed by atoms with van der Waals surface area (Å²) in [5, 5.41) is 19.9. The van der Waals surface area contributed by atoms with Crippen LogP contribution in [-0.4, -0.2) is 35.3 Å². The molecule has 21 heavy (non-hydrogen) atoms. The molecule has 0 bridgehead atoms. The summed E-state index contributed by atoms with van der Waals surface area (Å²) in [6.45, 7) is -0.0863. The van der Waals surface area contributed by atoms with Crippen molar-refractivity contribution in [2.45, 2.75) is 6.42 Å². The number of ether oxygens (including phenoxy) is 1. The minimum Gasteiger partial charge on any atom is -0.506 e. The van der Waals surface area contributed by atoms with Gasteiger partial charge in [0.25, 0.3) is 5.91 Å². The number of esters is 1. The van der Waals surface area contributed by atoms with Crippen molar-refractivity contribution in [1.82, 2.24) is 0 Å². The first kappa shape index (κ1) is 14.8. The zero-order valence-electron chi connectivity index (χ0n) is 11.2. The van der Waals surface area contributed by atoms with Crippen LogP contribution in [0.3, 0.4) is 0 Å². The lowest BCUT2D eigenvalue weighted by molar-refractivity contribution is 0.0479. The SMILES string of the molecule is NC(=O)c1c(O)c(C(=O)OCCCO)cc2ccccc12. The number of aliphatic hydroxyl groups is 1. The number of carbonyl (C=O) groups is 2. The number of phenols is 1. The Kier molecular flexibility index (Phi) is 4.39. The van der Waals surface area contributed by atoms with Crippen molar-refractivity contribution in [1.29, 1.82) is 0 Å². The van der Waals surface area contributed by atoms with Crippen LogP contribution < -0.4 is 5.73 Å². The Morgan fingerprint density at radius 2 is 1.95 bits per heavy atom. The Labute approximate surface area is 120 Å². The molecule has 2 aromatic rings. The highest BCUT2D eigenvalue weighted by Crippen LogP contribution is 2.31. The standard InChI is InChI=1S/C15H15NO5/c16-14(19)12-10-5-2-1-4-9(10)8-11(13(12)18)15(20)21-7-3-6-17/h1-2,4-5,8,17-18H,3,6-7H2,(H2,16,19). The van der Waals surface area contributed by atoms with Gasteiger partial charge in [-0.2, -0.15) is 0 Å². The Balaban J connectivity index is 2.52. The first-order valence-electron chi connectivity index (χ1n) is 6.38. The van der Waals surface area contributed by atoms with Crippen LogP contribution >= 0.6 is 0 Å². The number of amides is 1. The number of hydrogen-bond donors (Lipinski definition) is 3. The van der Waals surface area contributed by atoms with Crippen LogP contribution in [0.25, 0.3) is 10.8 Å². The Morgan fingerprint density at radius 3 is 2.62 bits per heavy atom. The van der Waals surface area contributed by atoms with E-state index in [9.17, 15) is 14.7 Å². The third kappa shape index (κ3) is 2.95. The van der Waals surface area contributed by atoms with Crippen LogP contribution in [0, 0.1) is 0 Å². The largest absolute Gasteiger partial charge is 0.506 e. The fourth-order valence-electron chi connectivity index (χ4n) is 2.05. The van der Waals surface area contributed by atoms with Gasteiger partial charge in [-0.1, -0.05) is 24.3 Å². The van der Waals surface area contributed by atoms with Crippen LogP contribution in [0.5, 0.6) is 5.75 Å². The van der Waals surface area contributed by atoms with Gasteiger partial charge in [0.1, 0.15) is 11.3 Å². The number of aliphatic hydroxyl groups excluding tert-OH is 1. The molecule has 2 rings (SSSR count). The van der Waals surface area contributed by atoms with Crippen molar-refractivity contribution in [2.75, 3.05) is 13.2 Å². The topological polar surface area (TPSA) is 110 Å². The zero-order chi connectivity index (χ0) is 15.4. The van der Waals surface area contributed by atoms with Crippen LogP contribution in [0.2, 0.25) is 0 Å². The molecule has 0 aliphatic rings. The molecule has 0 atom stereocenters. The molecule has 6 heteroatoms. The summed E-state index contributed by atoms with van der Waals surface area (Å²) in [4.78, 5) is 23.5. The average molecular weight is 289 g/mol. The summed E-state index contributed by atoms with van der Waals surface area (Å²) in [5.41, 5.74) is 5.05. The van der Waals surface area contributed by atoms with Crippen molar-refractivity contribution in [3.63, 3.8) is 0 Å². The number of primary amides is 1. The van der Waals surface area contributed by atoms with Crippen LogP contribution in [0.4, 0.5) is 0 Å². The molecular formula is C15H15NO5. The molecule has 0 saturated heterocycles. The van der Waals surface area contributed by atoms with Crippen LogP contribution in [-0.2, 0) is 4.74 Å². The molecule has 1 amide bonds. The highest BCUT2D eigenvalue weighted by molar-refractivity contribution is 6.12. The van der Waals surface area contributed by atoms with E-state index in [1.54, 1.807) is 24.3 Å². The monoisotopic (exact) mass is 289 g/mol. The van der Waals surface area contributed by atoms with Gasteiger partial charge < -0.3 is 20.7 Å². The van der Waals surface area contributed by atoms with E-state index < -0.39 is 17.6 Å². The van der Waals surface area contributed by atoms with Crippen molar-refractivity contribution in [3.8, 4) is 5.75 Å². The number of fused-ring (bicyclic) bond motifs is 1. The van der Waals surface area contributed by atoms with E-state index >= 15 is 0 Å². The number of rotatable bonds is 5. The highest BCUT2D eigenvalue weighted by Gasteiger charge is 2.21. The summed E-state index contributed by atoms with van der Waals surface area (Å²) < 4.78 is 4.92. The molecule has 0 aliphatic carbocycles. The minimum absolute atomic E-state index is 0.0213. The van der Waals surface area contributed by atoms with Gasteiger partial charge in [-0.15, -0.1) is 0 Å². The maximum absolute atomic E-state index is 11.9. The minimum atomic E-state index is -0.825. The van der Waals surface area contributed by atoms with E-state index in [-0.39, 0.29) is 24.3 Å². The highest BCUT2D eigenvalue weighted by atomic mass is 16.5. The van der Waals surface area contributed by atoms with Gasteiger partial charge in [-0.3, -0.25) is 4.79 Å². The fraction of sp³-hybridized carbons (Fsp3) is 0.200. The third-order valence-corrected chi connectivity index (χ3v) is 3.02. The van der Waals surface area contributed by atoms with Crippen molar-refractivity contribution in [3.05, 3.63) is 41.5 Å². The van der Waals surface area contributed by atoms with Gasteiger partial charge in [0.05, 0.1) is 12.2 Å². The van der Waals surface area contributed by atoms with Gasteiger partial charge in [-0.05, 0) is 16.8 Å². The number of aromatic hydroxyl groups is 1. The molecule has 0 aromatic heterocycles. The second kappa shape index (κ2) is 6.23. The van der Waals surface area contributed by atoms with E-state index in [0.29, 0.717) is 17.2 Å². The smallest absolute Gasteiger partial charge is 0.341 e. The average Bonchev–Trinajstić information content (AvgIpc) is 2.46. The first-order valence-corrected chi connectivity index (χ1v) is 6.38. The molecule has 0 aliphatic heterocycles. The summed E-state index contributed by atoms with van der Waals surface area (Å²) in [5.74, 6) is -2.09. The molecule has 110 valence electrons. The number of hydrogen-bond acceptors (Lipinski definition) is 5. The lowest BCUT2D eigenvalue weighted by Gasteiger charge is -2.11. The molecule has 0 heterocycles. The summed E-state index contributed by atoms with van der Waals surface area (Å²) in [6, 6.07) is 8.22. The molecule has 6 nitrogen and oxygen atoms in total. The van der Waals surface area contributed by atoms with Crippen LogP contribution in [0.15, 0.2) is 30.3 Å². The van der Waals surface area contributed by atoms with Gasteiger partial charge in [0.2, 0.25) is 0 Å². The molecular weight excluding hydrogens is 274 g/mol. The second-order valence-electron chi connectivity index (χ2n) is 4.45. The normalized spacial score (nSPS) is 10.5. The number of carbonyl (C=O) groups excluding carboxylic acids is 2. The van der Waals surface area contributed by atoms with Gasteiger partial charge in [0, 0.05) is 13.0 Å². The van der Waals surface area contributed by atoms with Crippen molar-refractivity contribution >= 4 is 22.6 Å². The fourth-order valence-corrected chi connectivity index (χ4v) is 2.05. The molecule has 2 aromatic carbocycles. The van der Waals surface area contributed by atoms with Gasteiger partial charge in [0.15, 0.2) is 0 Å². The molecule has 0 fully saturated rings. The van der Waals surface area contributed by atoms with Crippen LogP contribution in [0.1, 0.15) is 27.1 Å². The molecule has 0 unspecified atom stereocenters. The molecule has 0 saturated carbocycles. The molecule has 4 N–H and O–H groups in total.